The van der Waals surface area contributed by atoms with Gasteiger partial charge < -0.3 is 11.1 Å². The Bertz CT molecular complexity index is 420. The molecule has 0 aliphatic heterocycles. The standard InChI is InChI=1S/C14H22BrN3/c1-9-4-3-5-11(6-9)7-17-14-13(15)10(2)12(16)8-18-14/h8-9,11H,3-7,16H2,1-2H3,(H,17,18). The van der Waals surface area contributed by atoms with Crippen molar-refractivity contribution in [1.82, 2.24) is 4.98 Å². The van der Waals surface area contributed by atoms with Crippen molar-refractivity contribution < 1.29 is 0 Å². The topological polar surface area (TPSA) is 50.9 Å². The Morgan fingerprint density at radius 3 is 3.00 bits per heavy atom. The molecule has 1 aromatic rings. The van der Waals surface area contributed by atoms with Crippen LogP contribution in [0.15, 0.2) is 10.7 Å². The van der Waals surface area contributed by atoms with E-state index in [1.807, 2.05) is 6.92 Å². The smallest absolute Gasteiger partial charge is 0.140 e. The molecular weight excluding hydrogens is 290 g/mol. The van der Waals surface area contributed by atoms with Crippen LogP contribution in [0.4, 0.5) is 11.5 Å². The number of anilines is 2. The van der Waals surface area contributed by atoms with Crippen molar-refractivity contribution in [1.29, 1.82) is 0 Å². The van der Waals surface area contributed by atoms with Gasteiger partial charge in [-0.1, -0.05) is 19.8 Å². The molecule has 0 bridgehead atoms. The zero-order valence-electron chi connectivity index (χ0n) is 11.2. The highest BCUT2D eigenvalue weighted by Gasteiger charge is 2.19. The van der Waals surface area contributed by atoms with Crippen LogP contribution in [0.5, 0.6) is 0 Å². The highest BCUT2D eigenvalue weighted by atomic mass is 79.9. The summed E-state index contributed by atoms with van der Waals surface area (Å²) in [4.78, 5) is 4.36. The maximum atomic E-state index is 5.83. The molecule has 1 fully saturated rings. The minimum Gasteiger partial charge on any atom is -0.397 e. The minimum absolute atomic E-state index is 0.735. The molecule has 0 aromatic carbocycles. The molecule has 18 heavy (non-hydrogen) atoms. The quantitative estimate of drug-likeness (QED) is 0.888. The molecule has 2 unspecified atom stereocenters. The molecule has 1 aliphatic rings. The third kappa shape index (κ3) is 3.16. The van der Waals surface area contributed by atoms with Crippen molar-refractivity contribution in [2.75, 3.05) is 17.6 Å². The summed E-state index contributed by atoms with van der Waals surface area (Å²) in [5.41, 5.74) is 7.62. The summed E-state index contributed by atoms with van der Waals surface area (Å²) in [5.74, 6) is 2.57. The molecule has 2 atom stereocenters. The van der Waals surface area contributed by atoms with Crippen LogP contribution in [0.1, 0.15) is 38.2 Å². The number of nitrogens with zero attached hydrogens (tertiary/aromatic N) is 1. The van der Waals surface area contributed by atoms with Gasteiger partial charge in [0.1, 0.15) is 5.82 Å². The average molecular weight is 312 g/mol. The van der Waals surface area contributed by atoms with Crippen molar-refractivity contribution in [2.24, 2.45) is 11.8 Å². The normalized spacial score (nSPS) is 23.9. The van der Waals surface area contributed by atoms with Crippen LogP contribution >= 0.6 is 15.9 Å². The molecule has 100 valence electrons. The van der Waals surface area contributed by atoms with Gasteiger partial charge in [-0.2, -0.15) is 0 Å². The summed E-state index contributed by atoms with van der Waals surface area (Å²) in [5, 5.41) is 3.46. The predicted octanol–water partition coefficient (Wildman–Crippen LogP) is 3.97. The van der Waals surface area contributed by atoms with Crippen LogP contribution in [0.3, 0.4) is 0 Å². The summed E-state index contributed by atoms with van der Waals surface area (Å²) in [7, 11) is 0. The Kier molecular flexibility index (Phi) is 4.49. The lowest BCUT2D eigenvalue weighted by Crippen LogP contribution is -2.21. The van der Waals surface area contributed by atoms with E-state index in [4.69, 9.17) is 5.73 Å². The van der Waals surface area contributed by atoms with Crippen LogP contribution in [-0.4, -0.2) is 11.5 Å². The number of aromatic nitrogens is 1. The molecule has 2 rings (SSSR count). The number of rotatable bonds is 3. The van der Waals surface area contributed by atoms with Crippen LogP contribution in [0, 0.1) is 18.8 Å². The van der Waals surface area contributed by atoms with Gasteiger partial charge in [0, 0.05) is 6.54 Å². The molecule has 0 amide bonds. The molecular formula is C14H22BrN3. The van der Waals surface area contributed by atoms with Crippen molar-refractivity contribution in [2.45, 2.75) is 39.5 Å². The average Bonchev–Trinajstić information content (AvgIpc) is 2.35. The molecule has 1 saturated carbocycles. The van der Waals surface area contributed by atoms with Gasteiger partial charge in [0.05, 0.1) is 16.4 Å². The van der Waals surface area contributed by atoms with E-state index in [0.717, 1.165) is 39.9 Å². The van der Waals surface area contributed by atoms with E-state index in [1.54, 1.807) is 6.20 Å². The van der Waals surface area contributed by atoms with Crippen LogP contribution < -0.4 is 11.1 Å². The first-order valence-corrected chi connectivity index (χ1v) is 7.51. The third-order valence-corrected chi connectivity index (χ3v) is 4.88. The Labute approximate surface area is 118 Å². The summed E-state index contributed by atoms with van der Waals surface area (Å²) >= 11 is 3.56. The van der Waals surface area contributed by atoms with Gasteiger partial charge in [-0.15, -0.1) is 0 Å². The first kappa shape index (κ1) is 13.7. The van der Waals surface area contributed by atoms with Crippen LogP contribution in [-0.2, 0) is 0 Å². The van der Waals surface area contributed by atoms with Crippen molar-refractivity contribution in [3.8, 4) is 0 Å². The van der Waals surface area contributed by atoms with E-state index in [0.29, 0.717) is 0 Å². The SMILES string of the molecule is Cc1c(N)cnc(NCC2CCCC(C)C2)c1Br. The van der Waals surface area contributed by atoms with Gasteiger partial charge in [0.15, 0.2) is 0 Å². The summed E-state index contributed by atoms with van der Waals surface area (Å²) in [6.07, 6.45) is 7.15. The van der Waals surface area contributed by atoms with Crippen LogP contribution in [0.25, 0.3) is 0 Å². The van der Waals surface area contributed by atoms with E-state index in [2.05, 4.69) is 33.2 Å². The van der Waals surface area contributed by atoms with Gasteiger partial charge >= 0.3 is 0 Å². The lowest BCUT2D eigenvalue weighted by molar-refractivity contribution is 0.293. The molecule has 4 heteroatoms. The predicted molar refractivity (Wildman–Crippen MR) is 80.7 cm³/mol. The lowest BCUT2D eigenvalue weighted by Gasteiger charge is -2.27. The first-order valence-electron chi connectivity index (χ1n) is 6.72. The second kappa shape index (κ2) is 5.91. The van der Waals surface area contributed by atoms with Gasteiger partial charge in [-0.05, 0) is 53.1 Å². The molecule has 0 spiro atoms. The number of nitrogens with one attached hydrogen (secondary N) is 1. The molecule has 1 heterocycles. The fourth-order valence-corrected chi connectivity index (χ4v) is 3.17. The summed E-state index contributed by atoms with van der Waals surface area (Å²) < 4.78 is 0.992. The van der Waals surface area contributed by atoms with Gasteiger partial charge in [-0.25, -0.2) is 4.98 Å². The Balaban J connectivity index is 1.96. The molecule has 1 aromatic heterocycles. The Morgan fingerprint density at radius 1 is 1.50 bits per heavy atom. The number of halogens is 1. The molecule has 0 radical (unpaired) electrons. The highest BCUT2D eigenvalue weighted by molar-refractivity contribution is 9.10. The van der Waals surface area contributed by atoms with Gasteiger partial charge in [0.25, 0.3) is 0 Å². The zero-order chi connectivity index (χ0) is 13.1. The maximum absolute atomic E-state index is 5.83. The highest BCUT2D eigenvalue weighted by Crippen LogP contribution is 2.31. The lowest BCUT2D eigenvalue weighted by atomic mass is 9.82. The van der Waals surface area contributed by atoms with E-state index in [-0.39, 0.29) is 0 Å². The number of pyridine rings is 1. The fourth-order valence-electron chi connectivity index (χ4n) is 2.70. The monoisotopic (exact) mass is 311 g/mol. The summed E-state index contributed by atoms with van der Waals surface area (Å²) in [6.45, 7) is 5.38. The molecule has 1 aliphatic carbocycles. The number of nitrogen functional groups attached to an aromatic ring is 1. The fraction of sp³-hybridized carbons (Fsp3) is 0.643. The number of nitrogens with two attached hydrogens (primary N) is 1. The van der Waals surface area contributed by atoms with E-state index >= 15 is 0 Å². The van der Waals surface area contributed by atoms with Gasteiger partial charge in [0.2, 0.25) is 0 Å². The zero-order valence-corrected chi connectivity index (χ0v) is 12.8. The van der Waals surface area contributed by atoms with Crippen molar-refractivity contribution >= 4 is 27.4 Å². The largest absolute Gasteiger partial charge is 0.397 e. The first-order chi connectivity index (χ1) is 8.58. The van der Waals surface area contributed by atoms with Crippen molar-refractivity contribution in [3.05, 3.63) is 16.2 Å². The molecule has 3 nitrogen and oxygen atoms in total. The Morgan fingerprint density at radius 2 is 2.28 bits per heavy atom. The molecule has 0 saturated heterocycles. The second-order valence-electron chi connectivity index (χ2n) is 5.52. The number of hydrogen-bond acceptors (Lipinski definition) is 3. The molecule has 3 N–H and O–H groups in total. The third-order valence-electron chi connectivity index (χ3n) is 3.91. The minimum atomic E-state index is 0.735. The van der Waals surface area contributed by atoms with Gasteiger partial charge in [-0.3, -0.25) is 0 Å². The van der Waals surface area contributed by atoms with Crippen molar-refractivity contribution in [3.63, 3.8) is 0 Å². The van der Waals surface area contributed by atoms with E-state index in [1.165, 1.54) is 25.7 Å². The second-order valence-corrected chi connectivity index (χ2v) is 6.31. The van der Waals surface area contributed by atoms with Crippen LogP contribution in [0.2, 0.25) is 0 Å². The maximum Gasteiger partial charge on any atom is 0.140 e. The van der Waals surface area contributed by atoms with E-state index < -0.39 is 0 Å². The summed E-state index contributed by atoms with van der Waals surface area (Å²) in [6, 6.07) is 0. The number of hydrogen-bond donors (Lipinski definition) is 2. The Hall–Kier alpha value is -0.770. The van der Waals surface area contributed by atoms with E-state index in [9.17, 15) is 0 Å².